The van der Waals surface area contributed by atoms with Crippen molar-refractivity contribution in [1.29, 1.82) is 0 Å². The van der Waals surface area contributed by atoms with Gasteiger partial charge in [0, 0.05) is 17.1 Å². The van der Waals surface area contributed by atoms with Gasteiger partial charge in [-0.1, -0.05) is 5.92 Å². The van der Waals surface area contributed by atoms with Crippen LogP contribution in [0.3, 0.4) is 0 Å². The summed E-state index contributed by atoms with van der Waals surface area (Å²) >= 11 is 1.64. The van der Waals surface area contributed by atoms with Gasteiger partial charge in [-0.25, -0.2) is 0 Å². The Labute approximate surface area is 83.4 Å². The van der Waals surface area contributed by atoms with Crippen LogP contribution in [0.25, 0.3) is 0 Å². The average Bonchev–Trinajstić information content (AvgIpc) is 2.55. The largest absolute Gasteiger partial charge is 0.294 e. The van der Waals surface area contributed by atoms with Gasteiger partial charge in [0.25, 0.3) is 0 Å². The Morgan fingerprint density at radius 3 is 2.85 bits per heavy atom. The Morgan fingerprint density at radius 1 is 1.69 bits per heavy atom. The quantitative estimate of drug-likeness (QED) is 0.746. The fourth-order valence-corrected chi connectivity index (χ4v) is 1.72. The predicted molar refractivity (Wildman–Crippen MR) is 56.6 cm³/mol. The number of hydrogen-bond donors (Lipinski definition) is 1. The van der Waals surface area contributed by atoms with Gasteiger partial charge in [0.15, 0.2) is 0 Å². The number of rotatable bonds is 3. The molecule has 0 bridgehead atoms. The average molecular weight is 194 g/mol. The van der Waals surface area contributed by atoms with Crippen LogP contribution in [0.15, 0.2) is 11.7 Å². The van der Waals surface area contributed by atoms with Crippen LogP contribution in [0.2, 0.25) is 0 Å². The molecular weight excluding hydrogens is 180 g/mol. The van der Waals surface area contributed by atoms with Crippen molar-refractivity contribution < 1.29 is 0 Å². The molecule has 0 saturated carbocycles. The molecule has 1 atom stereocenters. The molecule has 1 N–H and O–H groups in total. The van der Waals surface area contributed by atoms with E-state index in [1.165, 1.54) is 4.88 Å². The van der Waals surface area contributed by atoms with Gasteiger partial charge in [-0.15, -0.1) is 17.8 Å². The lowest BCUT2D eigenvalue weighted by atomic mass is 10.1. The Balaban J connectivity index is 2.62. The van der Waals surface area contributed by atoms with Gasteiger partial charge < -0.3 is 0 Å². The van der Waals surface area contributed by atoms with E-state index in [-0.39, 0.29) is 11.6 Å². The van der Waals surface area contributed by atoms with E-state index in [1.54, 1.807) is 11.3 Å². The summed E-state index contributed by atoms with van der Waals surface area (Å²) in [5, 5.41) is 3.34. The zero-order valence-corrected chi connectivity index (χ0v) is 8.98. The van der Waals surface area contributed by atoms with Crippen LogP contribution in [0.5, 0.6) is 0 Å². The van der Waals surface area contributed by atoms with Crippen LogP contribution in [0.1, 0.15) is 31.7 Å². The molecule has 0 spiro atoms. The lowest BCUT2D eigenvalue weighted by Gasteiger charge is -2.24. The molecular formula is C10H14N2S. The monoisotopic (exact) mass is 194 g/mol. The summed E-state index contributed by atoms with van der Waals surface area (Å²) in [5.41, 5.74) is 1.57. The summed E-state index contributed by atoms with van der Waals surface area (Å²) in [5.74, 6) is 2.71. The summed E-state index contributed by atoms with van der Waals surface area (Å²) in [7, 11) is 0. The van der Waals surface area contributed by atoms with E-state index in [0.717, 1.165) is 0 Å². The van der Waals surface area contributed by atoms with E-state index in [4.69, 9.17) is 6.42 Å². The molecule has 13 heavy (non-hydrogen) atoms. The number of nitrogens with one attached hydrogen (secondary N) is 1. The highest BCUT2D eigenvalue weighted by Gasteiger charge is 2.18. The van der Waals surface area contributed by atoms with E-state index in [2.05, 4.69) is 23.1 Å². The molecule has 0 aliphatic carbocycles. The molecule has 1 rings (SSSR count). The van der Waals surface area contributed by atoms with E-state index in [0.29, 0.717) is 0 Å². The fraction of sp³-hybridized carbons (Fsp3) is 0.500. The SMILES string of the molecule is C#CC(C)(C)NC(C)c1cncs1. The molecule has 0 radical (unpaired) electrons. The summed E-state index contributed by atoms with van der Waals surface area (Å²) in [6.07, 6.45) is 7.25. The molecule has 0 amide bonds. The molecule has 1 heterocycles. The van der Waals surface area contributed by atoms with Crippen LogP contribution in [-0.4, -0.2) is 10.5 Å². The fourth-order valence-electron chi connectivity index (χ4n) is 1.09. The normalized spacial score (nSPS) is 13.7. The van der Waals surface area contributed by atoms with Crippen LogP contribution < -0.4 is 5.32 Å². The van der Waals surface area contributed by atoms with Crippen LogP contribution in [-0.2, 0) is 0 Å². The Kier molecular flexibility index (Phi) is 3.07. The van der Waals surface area contributed by atoms with Gasteiger partial charge in [0.05, 0.1) is 11.0 Å². The second-order valence-corrected chi connectivity index (χ2v) is 4.46. The molecule has 1 aromatic rings. The van der Waals surface area contributed by atoms with E-state index in [9.17, 15) is 0 Å². The Hall–Kier alpha value is -0.850. The van der Waals surface area contributed by atoms with Crippen molar-refractivity contribution in [3.8, 4) is 12.3 Å². The second kappa shape index (κ2) is 3.91. The first-order valence-corrected chi connectivity index (χ1v) is 5.07. The van der Waals surface area contributed by atoms with Crippen molar-refractivity contribution >= 4 is 11.3 Å². The van der Waals surface area contributed by atoms with E-state index >= 15 is 0 Å². The zero-order chi connectivity index (χ0) is 9.90. The molecule has 3 heteroatoms. The van der Waals surface area contributed by atoms with Gasteiger partial charge in [0.1, 0.15) is 0 Å². The summed E-state index contributed by atoms with van der Waals surface area (Å²) in [6.45, 7) is 6.07. The topological polar surface area (TPSA) is 24.9 Å². The molecule has 0 aromatic carbocycles. The third kappa shape index (κ3) is 2.83. The predicted octanol–water partition coefficient (Wildman–Crippen LogP) is 2.21. The van der Waals surface area contributed by atoms with Gasteiger partial charge in [0.2, 0.25) is 0 Å². The van der Waals surface area contributed by atoms with Crippen LogP contribution in [0, 0.1) is 12.3 Å². The molecule has 0 aliphatic heterocycles. The molecule has 0 aliphatic rings. The molecule has 2 nitrogen and oxygen atoms in total. The third-order valence-electron chi connectivity index (χ3n) is 1.82. The summed E-state index contributed by atoms with van der Waals surface area (Å²) in [4.78, 5) is 5.24. The number of aromatic nitrogens is 1. The van der Waals surface area contributed by atoms with Crippen molar-refractivity contribution in [2.45, 2.75) is 32.4 Å². The van der Waals surface area contributed by atoms with Gasteiger partial charge in [-0.2, -0.15) is 0 Å². The van der Waals surface area contributed by atoms with Gasteiger partial charge in [-0.05, 0) is 20.8 Å². The standard InChI is InChI=1S/C10H14N2S/c1-5-10(3,4)12-8(2)9-6-11-7-13-9/h1,6-8,12H,2-4H3. The Bertz CT molecular complexity index is 295. The van der Waals surface area contributed by atoms with E-state index < -0.39 is 0 Å². The molecule has 0 saturated heterocycles. The maximum atomic E-state index is 5.38. The molecule has 70 valence electrons. The van der Waals surface area contributed by atoms with Crippen LogP contribution >= 0.6 is 11.3 Å². The highest BCUT2D eigenvalue weighted by atomic mass is 32.1. The van der Waals surface area contributed by atoms with Crippen molar-refractivity contribution in [2.24, 2.45) is 0 Å². The third-order valence-corrected chi connectivity index (χ3v) is 2.77. The minimum Gasteiger partial charge on any atom is -0.294 e. The Morgan fingerprint density at radius 2 is 2.38 bits per heavy atom. The summed E-state index contributed by atoms with van der Waals surface area (Å²) < 4.78 is 0. The van der Waals surface area contributed by atoms with Crippen molar-refractivity contribution in [3.63, 3.8) is 0 Å². The minimum atomic E-state index is -0.261. The first kappa shape index (κ1) is 10.2. The number of nitrogens with zero attached hydrogens (tertiary/aromatic N) is 1. The van der Waals surface area contributed by atoms with E-state index in [1.807, 2.05) is 25.6 Å². The van der Waals surface area contributed by atoms with Gasteiger partial charge in [-0.3, -0.25) is 10.3 Å². The lowest BCUT2D eigenvalue weighted by molar-refractivity contribution is 0.435. The highest BCUT2D eigenvalue weighted by molar-refractivity contribution is 7.09. The summed E-state index contributed by atoms with van der Waals surface area (Å²) in [6, 6.07) is 0.263. The number of hydrogen-bond acceptors (Lipinski definition) is 3. The zero-order valence-electron chi connectivity index (χ0n) is 8.16. The highest BCUT2D eigenvalue weighted by Crippen LogP contribution is 2.18. The minimum absolute atomic E-state index is 0.261. The second-order valence-electron chi connectivity index (χ2n) is 3.54. The lowest BCUT2D eigenvalue weighted by Crippen LogP contribution is -2.39. The maximum absolute atomic E-state index is 5.38. The number of thiazole rings is 1. The molecule has 1 unspecified atom stereocenters. The van der Waals surface area contributed by atoms with Crippen LogP contribution in [0.4, 0.5) is 0 Å². The molecule has 0 fully saturated rings. The smallest absolute Gasteiger partial charge is 0.0794 e. The number of terminal acetylenes is 1. The first-order valence-electron chi connectivity index (χ1n) is 4.19. The van der Waals surface area contributed by atoms with Crippen molar-refractivity contribution in [2.75, 3.05) is 0 Å². The first-order chi connectivity index (χ1) is 6.05. The van der Waals surface area contributed by atoms with Crippen molar-refractivity contribution in [1.82, 2.24) is 10.3 Å². The van der Waals surface area contributed by atoms with Gasteiger partial charge >= 0.3 is 0 Å². The maximum Gasteiger partial charge on any atom is 0.0794 e. The molecule has 1 aromatic heterocycles. The van der Waals surface area contributed by atoms with Crippen molar-refractivity contribution in [3.05, 3.63) is 16.6 Å².